The minimum absolute atomic E-state index is 0.0857. The van der Waals surface area contributed by atoms with Gasteiger partial charge in [0.25, 0.3) is 0 Å². The van der Waals surface area contributed by atoms with E-state index in [9.17, 15) is 9.90 Å². The van der Waals surface area contributed by atoms with Gasteiger partial charge in [0, 0.05) is 16.5 Å². The molecule has 3 nitrogen and oxygen atoms in total. The Morgan fingerprint density at radius 3 is 2.80 bits per heavy atom. The summed E-state index contributed by atoms with van der Waals surface area (Å²) >= 11 is 3.56. The average Bonchev–Trinajstić information content (AvgIpc) is 2.76. The Morgan fingerprint density at radius 2 is 2.15 bits per heavy atom. The maximum Gasteiger partial charge on any atom is 0.337 e. The molecule has 2 aromatic rings. The van der Waals surface area contributed by atoms with Gasteiger partial charge in [-0.3, -0.25) is 4.98 Å². The lowest BCUT2D eigenvalue weighted by Crippen LogP contribution is -2.08. The van der Waals surface area contributed by atoms with Crippen LogP contribution in [0.3, 0.4) is 0 Å². The van der Waals surface area contributed by atoms with Gasteiger partial charge in [0.05, 0.1) is 17.0 Å². The topological polar surface area (TPSA) is 50.2 Å². The molecule has 0 bridgehead atoms. The second kappa shape index (κ2) is 4.70. The number of hydrogen-bond acceptors (Lipinski definition) is 2. The van der Waals surface area contributed by atoms with E-state index in [0.717, 1.165) is 27.7 Å². The van der Waals surface area contributed by atoms with E-state index in [1.54, 1.807) is 6.07 Å². The van der Waals surface area contributed by atoms with Crippen LogP contribution in [0.15, 0.2) is 28.7 Å². The van der Waals surface area contributed by atoms with E-state index in [4.69, 9.17) is 0 Å². The lowest BCUT2D eigenvalue weighted by atomic mass is 10.0. The molecule has 4 heteroatoms. The third kappa shape index (κ3) is 1.95. The summed E-state index contributed by atoms with van der Waals surface area (Å²) in [7, 11) is 0. The van der Waals surface area contributed by atoms with Crippen LogP contribution in [0.25, 0.3) is 11.3 Å². The smallest absolute Gasteiger partial charge is 0.337 e. The predicted octanol–water partition coefficient (Wildman–Crippen LogP) is 4.24. The van der Waals surface area contributed by atoms with Crippen LogP contribution in [0.4, 0.5) is 0 Å². The molecule has 1 N–H and O–H groups in total. The second-order valence-electron chi connectivity index (χ2n) is 5.33. The molecule has 20 heavy (non-hydrogen) atoms. The molecule has 0 radical (unpaired) electrons. The summed E-state index contributed by atoms with van der Waals surface area (Å²) in [6.45, 7) is 3.94. The van der Waals surface area contributed by atoms with Crippen LogP contribution in [0, 0.1) is 0 Å². The molecule has 0 atom stereocenters. The number of carbonyl (C=O) groups is 1. The summed E-state index contributed by atoms with van der Waals surface area (Å²) in [6, 6.07) is 7.82. The highest BCUT2D eigenvalue weighted by molar-refractivity contribution is 9.10. The van der Waals surface area contributed by atoms with Crippen molar-refractivity contribution in [1.29, 1.82) is 0 Å². The number of hydrogen-bond donors (Lipinski definition) is 1. The van der Waals surface area contributed by atoms with Crippen molar-refractivity contribution in [2.24, 2.45) is 0 Å². The van der Waals surface area contributed by atoms with Crippen molar-refractivity contribution in [3.05, 3.63) is 51.1 Å². The summed E-state index contributed by atoms with van der Waals surface area (Å²) in [5, 5.41) is 9.37. The molecule has 0 saturated heterocycles. The van der Waals surface area contributed by atoms with Crippen molar-refractivity contribution in [3.8, 4) is 11.3 Å². The summed E-state index contributed by atoms with van der Waals surface area (Å²) in [4.78, 5) is 16.1. The molecule has 0 saturated carbocycles. The molecule has 1 heterocycles. The number of nitrogens with zero attached hydrogens (tertiary/aromatic N) is 1. The van der Waals surface area contributed by atoms with Crippen LogP contribution in [-0.2, 0) is 6.42 Å². The largest absolute Gasteiger partial charge is 0.478 e. The van der Waals surface area contributed by atoms with Crippen molar-refractivity contribution >= 4 is 21.9 Å². The summed E-state index contributed by atoms with van der Waals surface area (Å²) in [6.07, 6.45) is 0.734. The molecule has 1 aromatic heterocycles. The Balaban J connectivity index is 2.26. The summed E-state index contributed by atoms with van der Waals surface area (Å²) in [5.74, 6) is -0.818. The zero-order valence-corrected chi connectivity index (χ0v) is 12.9. The van der Waals surface area contributed by atoms with E-state index >= 15 is 0 Å². The minimum Gasteiger partial charge on any atom is -0.478 e. The van der Waals surface area contributed by atoms with E-state index in [1.807, 2.05) is 32.0 Å². The molecule has 3 rings (SSSR count). The Labute approximate surface area is 125 Å². The monoisotopic (exact) mass is 331 g/mol. The third-order valence-corrected chi connectivity index (χ3v) is 4.39. The Hall–Kier alpha value is -1.68. The van der Waals surface area contributed by atoms with Gasteiger partial charge in [-0.05, 0) is 29.2 Å². The summed E-state index contributed by atoms with van der Waals surface area (Å²) < 4.78 is 1.05. The summed E-state index contributed by atoms with van der Waals surface area (Å²) in [5.41, 5.74) is 5.19. The van der Waals surface area contributed by atoms with E-state index in [-0.39, 0.29) is 5.92 Å². The first kappa shape index (κ1) is 13.3. The molecule has 1 aliphatic rings. The van der Waals surface area contributed by atoms with E-state index in [2.05, 4.69) is 20.9 Å². The first-order chi connectivity index (χ1) is 9.49. The maximum atomic E-state index is 11.4. The lowest BCUT2D eigenvalue weighted by Gasteiger charge is -2.11. The lowest BCUT2D eigenvalue weighted by molar-refractivity contribution is 0.0694. The highest BCUT2D eigenvalue weighted by atomic mass is 79.9. The fraction of sp³-hybridized carbons (Fsp3) is 0.250. The van der Waals surface area contributed by atoms with E-state index < -0.39 is 5.97 Å². The van der Waals surface area contributed by atoms with Gasteiger partial charge < -0.3 is 5.11 Å². The fourth-order valence-electron chi connectivity index (χ4n) is 2.70. The maximum absolute atomic E-state index is 11.4. The number of carboxylic acid groups (broad SMARTS) is 1. The molecular formula is C16H14BrNO2. The quantitative estimate of drug-likeness (QED) is 0.764. The van der Waals surface area contributed by atoms with E-state index in [0.29, 0.717) is 11.3 Å². The highest BCUT2D eigenvalue weighted by Crippen LogP contribution is 2.40. The number of aromatic nitrogens is 1. The number of carboxylic acids is 1. The molecule has 0 fully saturated rings. The van der Waals surface area contributed by atoms with Gasteiger partial charge in [0.2, 0.25) is 0 Å². The van der Waals surface area contributed by atoms with Crippen molar-refractivity contribution < 1.29 is 9.90 Å². The van der Waals surface area contributed by atoms with Gasteiger partial charge in [-0.2, -0.15) is 0 Å². The molecule has 0 aliphatic heterocycles. The van der Waals surface area contributed by atoms with Gasteiger partial charge >= 0.3 is 5.97 Å². The van der Waals surface area contributed by atoms with Crippen LogP contribution in [0.2, 0.25) is 0 Å². The van der Waals surface area contributed by atoms with Gasteiger partial charge in [-0.1, -0.05) is 41.9 Å². The number of aromatic carboxylic acids is 1. The van der Waals surface area contributed by atoms with Crippen LogP contribution in [0.1, 0.15) is 46.9 Å². The average molecular weight is 332 g/mol. The minimum atomic E-state index is -0.904. The molecule has 102 valence electrons. The Bertz CT molecular complexity index is 723. The fourth-order valence-corrected chi connectivity index (χ4v) is 3.21. The Morgan fingerprint density at radius 1 is 1.40 bits per heavy atom. The van der Waals surface area contributed by atoms with Crippen LogP contribution in [-0.4, -0.2) is 16.1 Å². The van der Waals surface area contributed by atoms with Crippen molar-refractivity contribution in [3.63, 3.8) is 0 Å². The standard InChI is InChI=1S/C16H14BrNO2/c1-8(2)14-12(16(19)20)7-9-6-11-10(15(9)18-14)4-3-5-13(11)17/h3-5,7-8H,6H2,1-2H3,(H,19,20). The van der Waals surface area contributed by atoms with Crippen molar-refractivity contribution in [1.82, 2.24) is 4.98 Å². The number of benzene rings is 1. The molecule has 0 unspecified atom stereocenters. The van der Waals surface area contributed by atoms with Gasteiger partial charge in [-0.15, -0.1) is 0 Å². The zero-order chi connectivity index (χ0) is 14.4. The number of pyridine rings is 1. The molecule has 1 aromatic carbocycles. The molecular weight excluding hydrogens is 318 g/mol. The number of fused-ring (bicyclic) bond motifs is 3. The zero-order valence-electron chi connectivity index (χ0n) is 11.3. The Kier molecular flexibility index (Phi) is 3.13. The van der Waals surface area contributed by atoms with Gasteiger partial charge in [0.15, 0.2) is 0 Å². The highest BCUT2D eigenvalue weighted by Gasteiger charge is 2.26. The number of rotatable bonds is 2. The second-order valence-corrected chi connectivity index (χ2v) is 6.19. The van der Waals surface area contributed by atoms with Gasteiger partial charge in [-0.25, -0.2) is 4.79 Å². The predicted molar refractivity (Wildman–Crippen MR) is 81.2 cm³/mol. The molecule has 0 spiro atoms. The SMILES string of the molecule is CC(C)c1nc2c(cc1C(=O)O)Cc1c(Br)cccc1-2. The van der Waals surface area contributed by atoms with Gasteiger partial charge in [0.1, 0.15) is 0 Å². The number of halogens is 1. The first-order valence-corrected chi connectivity index (χ1v) is 7.33. The van der Waals surface area contributed by atoms with E-state index in [1.165, 1.54) is 5.56 Å². The van der Waals surface area contributed by atoms with Crippen LogP contribution < -0.4 is 0 Å². The molecule has 1 aliphatic carbocycles. The van der Waals surface area contributed by atoms with Crippen molar-refractivity contribution in [2.45, 2.75) is 26.2 Å². The first-order valence-electron chi connectivity index (χ1n) is 6.54. The third-order valence-electron chi connectivity index (χ3n) is 3.65. The normalized spacial score (nSPS) is 12.4. The molecule has 0 amide bonds. The van der Waals surface area contributed by atoms with Crippen LogP contribution >= 0.6 is 15.9 Å². The van der Waals surface area contributed by atoms with Crippen molar-refractivity contribution in [2.75, 3.05) is 0 Å². The van der Waals surface area contributed by atoms with Crippen LogP contribution in [0.5, 0.6) is 0 Å².